The first-order chi connectivity index (χ1) is 21.0. The molecule has 1 saturated heterocycles. The van der Waals surface area contributed by atoms with Crippen LogP contribution in [0.15, 0.2) is 30.3 Å². The molecule has 0 unspecified atom stereocenters. The Balaban J connectivity index is 1.13. The highest BCUT2D eigenvalue weighted by atomic mass is 16.6. The first-order valence-corrected chi connectivity index (χ1v) is 15.9. The number of piperazine rings is 1. The molecular formula is C33H52N4O6. The van der Waals surface area contributed by atoms with Crippen LogP contribution in [0.3, 0.4) is 0 Å². The second-order valence-corrected chi connectivity index (χ2v) is 11.2. The molecule has 3 rings (SSSR count). The minimum absolute atomic E-state index is 0.0791. The van der Waals surface area contributed by atoms with Gasteiger partial charge in [0.2, 0.25) is 11.8 Å². The molecule has 1 N–H and O–H groups in total. The Labute approximate surface area is 257 Å². The molecular weight excluding hydrogens is 548 g/mol. The van der Waals surface area contributed by atoms with Crippen molar-refractivity contribution in [2.45, 2.75) is 58.9 Å². The van der Waals surface area contributed by atoms with E-state index in [-0.39, 0.29) is 11.8 Å². The lowest BCUT2D eigenvalue weighted by Crippen LogP contribution is -2.48. The average molecular weight is 601 g/mol. The van der Waals surface area contributed by atoms with Gasteiger partial charge in [0.25, 0.3) is 0 Å². The van der Waals surface area contributed by atoms with E-state index in [1.807, 2.05) is 4.90 Å². The number of carbonyl (C=O) groups excluding carboxylic acids is 2. The topological polar surface area (TPSA) is 102 Å². The fourth-order valence-corrected chi connectivity index (χ4v) is 4.79. The maximum Gasteiger partial charge on any atom is 0.224 e. The number of fused-ring (bicyclic) bond motifs is 1. The third-order valence-electron chi connectivity index (χ3n) is 7.40. The predicted molar refractivity (Wildman–Crippen MR) is 168 cm³/mol. The minimum Gasteiger partial charge on any atom is -0.379 e. The van der Waals surface area contributed by atoms with Gasteiger partial charge >= 0.3 is 0 Å². The number of nitrogens with zero attached hydrogens (tertiary/aromatic N) is 3. The highest BCUT2D eigenvalue weighted by Gasteiger charge is 2.21. The van der Waals surface area contributed by atoms with Crippen molar-refractivity contribution in [3.05, 3.63) is 41.6 Å². The molecule has 0 atom stereocenters. The van der Waals surface area contributed by atoms with Crippen molar-refractivity contribution >= 4 is 22.7 Å². The summed E-state index contributed by atoms with van der Waals surface area (Å²) in [6.45, 7) is 14.8. The van der Waals surface area contributed by atoms with E-state index in [0.717, 1.165) is 56.8 Å². The van der Waals surface area contributed by atoms with E-state index >= 15 is 0 Å². The number of nitrogens with one attached hydrogen (secondary N) is 1. The largest absolute Gasteiger partial charge is 0.379 e. The van der Waals surface area contributed by atoms with Gasteiger partial charge in [-0.2, -0.15) is 0 Å². The number of rotatable bonds is 21. The Morgan fingerprint density at radius 2 is 1.49 bits per heavy atom. The summed E-state index contributed by atoms with van der Waals surface area (Å²) in [4.78, 5) is 33.2. The third-order valence-corrected chi connectivity index (χ3v) is 7.40. The number of amides is 2. The zero-order valence-corrected chi connectivity index (χ0v) is 26.5. The normalized spacial score (nSPS) is 14.1. The Morgan fingerprint density at radius 1 is 0.837 bits per heavy atom. The molecule has 2 aromatic rings. The lowest BCUT2D eigenvalue weighted by atomic mass is 10.1. The first kappa shape index (κ1) is 34.9. The van der Waals surface area contributed by atoms with E-state index in [9.17, 15) is 9.59 Å². The van der Waals surface area contributed by atoms with Crippen LogP contribution in [0.2, 0.25) is 0 Å². The Bertz CT molecular complexity index is 1090. The van der Waals surface area contributed by atoms with Crippen molar-refractivity contribution in [2.75, 3.05) is 85.6 Å². The van der Waals surface area contributed by atoms with Gasteiger partial charge in [0.05, 0.1) is 64.8 Å². The Hall–Kier alpha value is -2.63. The summed E-state index contributed by atoms with van der Waals surface area (Å²) in [6.07, 6.45) is 2.90. The molecule has 1 aliphatic heterocycles. The molecule has 0 radical (unpaired) electrons. The number of hydrogen-bond donors (Lipinski definition) is 1. The molecule has 2 amide bonds. The van der Waals surface area contributed by atoms with E-state index in [0.29, 0.717) is 78.2 Å². The molecule has 10 heteroatoms. The molecule has 43 heavy (non-hydrogen) atoms. The number of hydrogen-bond acceptors (Lipinski definition) is 8. The van der Waals surface area contributed by atoms with E-state index in [2.05, 4.69) is 61.3 Å². The molecule has 240 valence electrons. The van der Waals surface area contributed by atoms with Crippen LogP contribution in [0, 0.1) is 0 Å². The maximum atomic E-state index is 12.6. The van der Waals surface area contributed by atoms with Gasteiger partial charge in [-0.05, 0) is 36.1 Å². The fraction of sp³-hybridized carbons (Fsp3) is 0.667. The second kappa shape index (κ2) is 20.3. The van der Waals surface area contributed by atoms with Gasteiger partial charge in [0.15, 0.2) is 0 Å². The first-order valence-electron chi connectivity index (χ1n) is 15.9. The van der Waals surface area contributed by atoms with Crippen molar-refractivity contribution in [2.24, 2.45) is 0 Å². The molecule has 0 saturated carbocycles. The highest BCUT2D eigenvalue weighted by molar-refractivity contribution is 5.79. The SMILES string of the molecule is CCCCC(=O)NCCOCCOCCOCCOCCC(=O)N1CCN(Cc2ccc3nc(C(C)C)ccc3c2)CC1. The van der Waals surface area contributed by atoms with Crippen LogP contribution in [-0.2, 0) is 35.1 Å². The molecule has 2 heterocycles. The summed E-state index contributed by atoms with van der Waals surface area (Å²) < 4.78 is 22.0. The van der Waals surface area contributed by atoms with Crippen LogP contribution < -0.4 is 5.32 Å². The summed E-state index contributed by atoms with van der Waals surface area (Å²) in [5.74, 6) is 0.648. The molecule has 1 aromatic carbocycles. The zero-order chi connectivity index (χ0) is 30.7. The minimum atomic E-state index is 0.0791. The molecule has 0 spiro atoms. The van der Waals surface area contributed by atoms with Gasteiger partial charge in [-0.15, -0.1) is 0 Å². The highest BCUT2D eigenvalue weighted by Crippen LogP contribution is 2.20. The molecule has 1 aromatic heterocycles. The van der Waals surface area contributed by atoms with Gasteiger partial charge in [-0.3, -0.25) is 19.5 Å². The number of unbranched alkanes of at least 4 members (excludes halogenated alkanes) is 1. The predicted octanol–water partition coefficient (Wildman–Crippen LogP) is 3.77. The van der Waals surface area contributed by atoms with Gasteiger partial charge in [0, 0.05) is 56.8 Å². The number of carbonyl (C=O) groups is 2. The number of aromatic nitrogens is 1. The Kier molecular flexibility index (Phi) is 16.5. The monoisotopic (exact) mass is 600 g/mol. The van der Waals surface area contributed by atoms with Crippen molar-refractivity contribution < 1.29 is 28.5 Å². The number of ether oxygens (including phenoxy) is 4. The van der Waals surface area contributed by atoms with Crippen molar-refractivity contribution in [3.63, 3.8) is 0 Å². The summed E-state index contributed by atoms with van der Waals surface area (Å²) in [7, 11) is 0. The molecule has 0 aliphatic carbocycles. The fourth-order valence-electron chi connectivity index (χ4n) is 4.79. The maximum absolute atomic E-state index is 12.6. The van der Waals surface area contributed by atoms with Crippen LogP contribution in [0.4, 0.5) is 0 Å². The summed E-state index contributed by atoms with van der Waals surface area (Å²) in [6, 6.07) is 10.8. The van der Waals surface area contributed by atoms with E-state index in [1.54, 1.807) is 0 Å². The van der Waals surface area contributed by atoms with Gasteiger partial charge in [-0.25, -0.2) is 0 Å². The van der Waals surface area contributed by atoms with E-state index in [1.165, 1.54) is 10.9 Å². The quantitative estimate of drug-likeness (QED) is 0.216. The summed E-state index contributed by atoms with van der Waals surface area (Å²) in [5.41, 5.74) is 3.44. The van der Waals surface area contributed by atoms with E-state index < -0.39 is 0 Å². The van der Waals surface area contributed by atoms with Crippen LogP contribution in [0.5, 0.6) is 0 Å². The number of benzene rings is 1. The van der Waals surface area contributed by atoms with Crippen molar-refractivity contribution in [3.8, 4) is 0 Å². The van der Waals surface area contributed by atoms with Crippen LogP contribution in [-0.4, -0.2) is 112 Å². The van der Waals surface area contributed by atoms with Crippen LogP contribution in [0.25, 0.3) is 10.9 Å². The molecule has 10 nitrogen and oxygen atoms in total. The lowest BCUT2D eigenvalue weighted by Gasteiger charge is -2.34. The number of pyridine rings is 1. The zero-order valence-electron chi connectivity index (χ0n) is 26.5. The molecule has 0 bridgehead atoms. The van der Waals surface area contributed by atoms with E-state index in [4.69, 9.17) is 23.9 Å². The van der Waals surface area contributed by atoms with Crippen molar-refractivity contribution in [1.82, 2.24) is 20.1 Å². The Morgan fingerprint density at radius 3 is 2.14 bits per heavy atom. The van der Waals surface area contributed by atoms with Gasteiger partial charge < -0.3 is 29.2 Å². The molecule has 1 fully saturated rings. The second-order valence-electron chi connectivity index (χ2n) is 11.2. The lowest BCUT2D eigenvalue weighted by molar-refractivity contribution is -0.134. The van der Waals surface area contributed by atoms with Crippen LogP contribution in [0.1, 0.15) is 63.6 Å². The standard InChI is InChI=1S/C33H52N4O6/c1-4-5-6-32(38)34-12-18-41-20-22-43-24-23-42-21-19-40-17-11-33(39)37-15-13-36(14-16-37)26-28-7-9-31-29(25-28)8-10-30(35-31)27(2)3/h7-10,25,27H,4-6,11-24,26H2,1-3H3,(H,34,38). The smallest absolute Gasteiger partial charge is 0.224 e. The van der Waals surface area contributed by atoms with Crippen molar-refractivity contribution in [1.29, 1.82) is 0 Å². The molecule has 1 aliphatic rings. The third kappa shape index (κ3) is 13.7. The van der Waals surface area contributed by atoms with Gasteiger partial charge in [0.1, 0.15) is 0 Å². The average Bonchev–Trinajstić information content (AvgIpc) is 3.01. The van der Waals surface area contributed by atoms with Crippen LogP contribution >= 0.6 is 0 Å². The summed E-state index contributed by atoms with van der Waals surface area (Å²) >= 11 is 0. The summed E-state index contributed by atoms with van der Waals surface area (Å²) in [5, 5.41) is 4.01. The van der Waals surface area contributed by atoms with Gasteiger partial charge in [-0.1, -0.05) is 39.3 Å².